The van der Waals surface area contributed by atoms with Gasteiger partial charge in [-0.3, -0.25) is 0 Å². The molecule has 5 aromatic rings. The van der Waals surface area contributed by atoms with E-state index in [1.54, 1.807) is 0 Å². The van der Waals surface area contributed by atoms with Crippen molar-refractivity contribution < 1.29 is 0 Å². The highest BCUT2D eigenvalue weighted by Gasteiger charge is 2.27. The third-order valence-electron chi connectivity index (χ3n) is 7.90. The van der Waals surface area contributed by atoms with E-state index < -0.39 is 16.1 Å². The van der Waals surface area contributed by atoms with Gasteiger partial charge in [0.1, 0.15) is 0 Å². The molecule has 0 heterocycles. The molecular weight excluding hydrogens is 489 g/mol. The monoisotopic (exact) mass is 530 g/mol. The molecule has 0 bridgehead atoms. The van der Waals surface area contributed by atoms with Gasteiger partial charge in [0.15, 0.2) is 0 Å². The Kier molecular flexibility index (Phi) is 6.56. The van der Waals surface area contributed by atoms with Gasteiger partial charge in [-0.15, -0.1) is 0 Å². The number of rotatable bonds is 4. The lowest BCUT2D eigenvalue weighted by molar-refractivity contribution is 0.591. The molecule has 0 N–H and O–H groups in total. The van der Waals surface area contributed by atoms with E-state index in [-0.39, 0.29) is 5.41 Å². The first-order valence-electron chi connectivity index (χ1n) is 14.0. The lowest BCUT2D eigenvalue weighted by Crippen LogP contribution is -2.39. The van der Waals surface area contributed by atoms with Gasteiger partial charge < -0.3 is 0 Å². The second-order valence-electron chi connectivity index (χ2n) is 13.9. The fourth-order valence-electron chi connectivity index (χ4n) is 5.94. The molecule has 5 rings (SSSR count). The first-order valence-corrected chi connectivity index (χ1v) is 21.0. The molecule has 5 aromatic carbocycles. The van der Waals surface area contributed by atoms with Crippen molar-refractivity contribution in [2.45, 2.75) is 65.5 Å². The van der Waals surface area contributed by atoms with Crippen LogP contribution in [0.1, 0.15) is 26.3 Å². The zero-order chi connectivity index (χ0) is 27.5. The molecule has 0 atom stereocenters. The summed E-state index contributed by atoms with van der Waals surface area (Å²) >= 11 is 0. The zero-order valence-corrected chi connectivity index (χ0v) is 26.7. The summed E-state index contributed by atoms with van der Waals surface area (Å²) in [6.07, 6.45) is 0. The van der Waals surface area contributed by atoms with Crippen LogP contribution in [0.2, 0.25) is 39.3 Å². The van der Waals surface area contributed by atoms with Crippen LogP contribution in [0.5, 0.6) is 0 Å². The molecule has 0 fully saturated rings. The van der Waals surface area contributed by atoms with Gasteiger partial charge in [-0.25, -0.2) is 0 Å². The lowest BCUT2D eigenvalue weighted by Gasteiger charge is -2.27. The number of benzene rings is 5. The molecule has 0 spiro atoms. The van der Waals surface area contributed by atoms with Crippen LogP contribution in [-0.2, 0) is 5.41 Å². The van der Waals surface area contributed by atoms with E-state index in [4.69, 9.17) is 0 Å². The normalized spacial score (nSPS) is 12.9. The summed E-state index contributed by atoms with van der Waals surface area (Å²) in [5.74, 6) is 0. The van der Waals surface area contributed by atoms with Crippen molar-refractivity contribution >= 4 is 48.1 Å². The average Bonchev–Trinajstić information content (AvgIpc) is 2.85. The fraction of sp³-hybridized carbons (Fsp3) is 0.278. The molecule has 0 saturated carbocycles. The lowest BCUT2D eigenvalue weighted by atomic mass is 9.81. The average molecular weight is 531 g/mol. The number of fused-ring (bicyclic) bond motifs is 2. The minimum absolute atomic E-state index is 0.0752. The quantitative estimate of drug-likeness (QED) is 0.160. The second-order valence-corrected chi connectivity index (χ2v) is 24.0. The molecule has 0 unspecified atom stereocenters. The maximum atomic E-state index is 2.50. The van der Waals surface area contributed by atoms with Crippen molar-refractivity contribution in [1.29, 1.82) is 0 Å². The van der Waals surface area contributed by atoms with Crippen LogP contribution in [-0.4, -0.2) is 16.1 Å². The van der Waals surface area contributed by atoms with Gasteiger partial charge in [-0.05, 0) is 60.8 Å². The Morgan fingerprint density at radius 2 is 0.842 bits per heavy atom. The third-order valence-corrected chi connectivity index (χ3v) is 12.0. The van der Waals surface area contributed by atoms with Gasteiger partial charge in [0.05, 0.1) is 16.1 Å². The van der Waals surface area contributed by atoms with Crippen molar-refractivity contribution in [3.8, 4) is 22.3 Å². The number of hydrogen-bond acceptors (Lipinski definition) is 0. The zero-order valence-electron chi connectivity index (χ0n) is 24.7. The fourth-order valence-corrected chi connectivity index (χ4v) is 9.16. The Labute approximate surface area is 231 Å². The Morgan fingerprint density at radius 1 is 0.447 bits per heavy atom. The molecular formula is C36H42Si2. The smallest absolute Gasteiger partial charge is 0.0656 e. The molecule has 2 heteroatoms. The summed E-state index contributed by atoms with van der Waals surface area (Å²) in [7, 11) is -3.17. The van der Waals surface area contributed by atoms with Crippen LogP contribution < -0.4 is 10.4 Å². The van der Waals surface area contributed by atoms with E-state index in [0.717, 1.165) is 0 Å². The summed E-state index contributed by atoms with van der Waals surface area (Å²) in [5.41, 5.74) is 7.06. The highest BCUT2D eigenvalue weighted by molar-refractivity contribution is 6.90. The van der Waals surface area contributed by atoms with Crippen LogP contribution in [0.25, 0.3) is 43.8 Å². The van der Waals surface area contributed by atoms with Crippen LogP contribution in [0, 0.1) is 0 Å². The van der Waals surface area contributed by atoms with Crippen molar-refractivity contribution in [1.82, 2.24) is 0 Å². The van der Waals surface area contributed by atoms with E-state index in [1.807, 2.05) is 0 Å². The largest absolute Gasteiger partial charge is 0.0784 e. The van der Waals surface area contributed by atoms with Crippen LogP contribution >= 0.6 is 0 Å². The van der Waals surface area contributed by atoms with Crippen molar-refractivity contribution in [3.05, 3.63) is 96.6 Å². The Balaban J connectivity index is 2.05. The van der Waals surface area contributed by atoms with E-state index in [0.29, 0.717) is 0 Å². The highest BCUT2D eigenvalue weighted by atomic mass is 28.3. The minimum atomic E-state index is -1.59. The molecule has 38 heavy (non-hydrogen) atoms. The van der Waals surface area contributed by atoms with Gasteiger partial charge >= 0.3 is 0 Å². The molecule has 0 nitrogen and oxygen atoms in total. The van der Waals surface area contributed by atoms with Crippen LogP contribution in [0.15, 0.2) is 91.0 Å². The summed E-state index contributed by atoms with van der Waals surface area (Å²) in [6, 6.07) is 34.8. The molecule has 0 aliphatic rings. The number of hydrogen-bond donors (Lipinski definition) is 0. The van der Waals surface area contributed by atoms with Gasteiger partial charge in [0, 0.05) is 0 Å². The standard InChI is InChI=1S/C36H42Si2/c1-36(2,3)25-22-23-28-31(24-25)35(30-19-13-15-21-33(30)38(7,8)9)27-17-11-10-16-26(27)34(28)29-18-12-14-20-32(29)37(4,5)6/h10-24H,1-9H3. The second kappa shape index (κ2) is 9.36. The minimum Gasteiger partial charge on any atom is -0.0656 e. The molecule has 0 aromatic heterocycles. The molecule has 0 radical (unpaired) electrons. The summed E-state index contributed by atoms with van der Waals surface area (Å²) in [5, 5.41) is 8.51. The molecule has 0 saturated heterocycles. The maximum Gasteiger partial charge on any atom is 0.0784 e. The Hall–Kier alpha value is -2.95. The molecule has 194 valence electrons. The predicted octanol–water partition coefficient (Wildman–Crippen LogP) is 9.71. The Morgan fingerprint density at radius 3 is 1.29 bits per heavy atom. The topological polar surface area (TPSA) is 0 Å². The summed E-state index contributed by atoms with van der Waals surface area (Å²) < 4.78 is 0. The van der Waals surface area contributed by atoms with Crippen LogP contribution in [0.4, 0.5) is 0 Å². The highest BCUT2D eigenvalue weighted by Crippen LogP contribution is 2.44. The van der Waals surface area contributed by atoms with E-state index in [9.17, 15) is 0 Å². The van der Waals surface area contributed by atoms with Crippen LogP contribution in [0.3, 0.4) is 0 Å². The van der Waals surface area contributed by atoms with E-state index in [1.165, 1.54) is 59.7 Å². The third kappa shape index (κ3) is 4.69. The van der Waals surface area contributed by atoms with E-state index >= 15 is 0 Å². The molecule has 0 aliphatic carbocycles. The van der Waals surface area contributed by atoms with Gasteiger partial charge in [-0.2, -0.15) is 0 Å². The first kappa shape index (κ1) is 26.7. The summed E-state index contributed by atoms with van der Waals surface area (Å²) in [6.45, 7) is 21.8. The maximum absolute atomic E-state index is 2.50. The van der Waals surface area contributed by atoms with Crippen molar-refractivity contribution in [2.75, 3.05) is 0 Å². The van der Waals surface area contributed by atoms with E-state index in [2.05, 4.69) is 151 Å². The van der Waals surface area contributed by atoms with Gasteiger partial charge in [0.25, 0.3) is 0 Å². The molecule has 0 aliphatic heterocycles. The molecule has 0 amide bonds. The SMILES string of the molecule is CC(C)(C)c1ccc2c(-c3ccccc3[Si](C)(C)C)c3ccccc3c(-c3ccccc3[Si](C)(C)C)c2c1. The van der Waals surface area contributed by atoms with Gasteiger partial charge in [0.2, 0.25) is 0 Å². The van der Waals surface area contributed by atoms with Crippen molar-refractivity contribution in [2.24, 2.45) is 0 Å². The Bertz CT molecular complexity index is 1650. The van der Waals surface area contributed by atoms with Crippen molar-refractivity contribution in [3.63, 3.8) is 0 Å². The summed E-state index contributed by atoms with van der Waals surface area (Å²) in [4.78, 5) is 0. The predicted molar refractivity (Wildman–Crippen MR) is 177 cm³/mol. The first-order chi connectivity index (χ1) is 17.8. The van der Waals surface area contributed by atoms with Gasteiger partial charge in [-0.1, -0.05) is 155 Å².